The lowest BCUT2D eigenvalue weighted by atomic mass is 9.95. The van der Waals surface area contributed by atoms with Crippen molar-refractivity contribution in [1.29, 1.82) is 0 Å². The summed E-state index contributed by atoms with van der Waals surface area (Å²) in [6.45, 7) is 0. The molecule has 1 atom stereocenters. The predicted octanol–water partition coefficient (Wildman–Crippen LogP) is 4.53. The third kappa shape index (κ3) is 3.19. The van der Waals surface area contributed by atoms with E-state index in [9.17, 15) is 9.59 Å². The fourth-order valence-electron chi connectivity index (χ4n) is 4.74. The van der Waals surface area contributed by atoms with Crippen LogP contribution in [0.15, 0.2) is 71.5 Å². The van der Waals surface area contributed by atoms with E-state index in [-0.39, 0.29) is 17.5 Å². The number of amides is 1. The smallest absolute Gasteiger partial charge is 0.252 e. The zero-order valence-electron chi connectivity index (χ0n) is 16.3. The first-order valence-corrected chi connectivity index (χ1v) is 10.4. The summed E-state index contributed by atoms with van der Waals surface area (Å²) in [5.41, 5.74) is 4.43. The summed E-state index contributed by atoms with van der Waals surface area (Å²) in [6.07, 6.45) is 5.60. The van der Waals surface area contributed by atoms with Crippen LogP contribution in [0.1, 0.15) is 43.7 Å². The molecule has 3 aromatic rings. The lowest BCUT2D eigenvalue weighted by Crippen LogP contribution is -2.42. The highest BCUT2D eigenvalue weighted by molar-refractivity contribution is 5.90. The average Bonchev–Trinajstić information content (AvgIpc) is 3.10. The van der Waals surface area contributed by atoms with E-state index >= 15 is 0 Å². The van der Waals surface area contributed by atoms with Crippen molar-refractivity contribution in [1.82, 2.24) is 9.88 Å². The molecule has 1 unspecified atom stereocenters. The van der Waals surface area contributed by atoms with Gasteiger partial charge in [0, 0.05) is 17.7 Å². The van der Waals surface area contributed by atoms with Crippen molar-refractivity contribution < 1.29 is 4.79 Å². The van der Waals surface area contributed by atoms with Gasteiger partial charge >= 0.3 is 0 Å². The Labute approximate surface area is 170 Å². The van der Waals surface area contributed by atoms with Gasteiger partial charge in [-0.3, -0.25) is 14.2 Å². The SMILES string of the molecule is O=C(NC1CCCCC1)C1c2ccccc2-c2cc(-c3ccccc3)cc(=O)n21. The summed E-state index contributed by atoms with van der Waals surface area (Å²) < 4.78 is 1.66. The maximum atomic E-state index is 13.3. The van der Waals surface area contributed by atoms with Gasteiger partial charge in [0.15, 0.2) is 0 Å². The first-order valence-electron chi connectivity index (χ1n) is 10.4. The third-order valence-corrected chi connectivity index (χ3v) is 6.16. The highest BCUT2D eigenvalue weighted by Gasteiger charge is 2.35. The molecule has 4 nitrogen and oxygen atoms in total. The molecule has 1 N–H and O–H groups in total. The Morgan fingerprint density at radius 2 is 1.59 bits per heavy atom. The van der Waals surface area contributed by atoms with Gasteiger partial charge in [0.25, 0.3) is 5.56 Å². The van der Waals surface area contributed by atoms with E-state index in [1.165, 1.54) is 6.42 Å². The lowest BCUT2D eigenvalue weighted by Gasteiger charge is -2.25. The van der Waals surface area contributed by atoms with E-state index in [0.29, 0.717) is 0 Å². The lowest BCUT2D eigenvalue weighted by molar-refractivity contribution is -0.124. The summed E-state index contributed by atoms with van der Waals surface area (Å²) in [6, 6.07) is 21.1. The maximum Gasteiger partial charge on any atom is 0.252 e. The number of rotatable bonds is 3. The summed E-state index contributed by atoms with van der Waals surface area (Å²) >= 11 is 0. The monoisotopic (exact) mass is 384 g/mol. The molecule has 1 amide bonds. The zero-order valence-corrected chi connectivity index (χ0v) is 16.3. The molecular weight excluding hydrogens is 360 g/mol. The Hall–Kier alpha value is -3.14. The molecule has 0 saturated heterocycles. The highest BCUT2D eigenvalue weighted by atomic mass is 16.2. The van der Waals surface area contributed by atoms with E-state index in [1.54, 1.807) is 10.6 Å². The number of carbonyl (C=O) groups is 1. The van der Waals surface area contributed by atoms with Gasteiger partial charge < -0.3 is 5.32 Å². The van der Waals surface area contributed by atoms with Gasteiger partial charge in [0.2, 0.25) is 5.91 Å². The maximum absolute atomic E-state index is 13.3. The number of hydrogen-bond acceptors (Lipinski definition) is 2. The third-order valence-electron chi connectivity index (χ3n) is 6.16. The van der Waals surface area contributed by atoms with Crippen LogP contribution in [0.2, 0.25) is 0 Å². The van der Waals surface area contributed by atoms with Crippen LogP contribution in [0, 0.1) is 0 Å². The molecule has 5 rings (SSSR count). The van der Waals surface area contributed by atoms with E-state index in [4.69, 9.17) is 0 Å². The van der Waals surface area contributed by atoms with Gasteiger partial charge in [0.1, 0.15) is 6.04 Å². The number of hydrogen-bond donors (Lipinski definition) is 1. The molecule has 2 aliphatic rings. The topological polar surface area (TPSA) is 51.1 Å². The minimum Gasteiger partial charge on any atom is -0.351 e. The molecular formula is C25H24N2O2. The van der Waals surface area contributed by atoms with Gasteiger partial charge in [-0.15, -0.1) is 0 Å². The number of carbonyl (C=O) groups excluding carboxylic acids is 1. The molecule has 1 aliphatic heterocycles. The number of nitrogens with zero attached hydrogens (tertiary/aromatic N) is 1. The fourth-order valence-corrected chi connectivity index (χ4v) is 4.74. The largest absolute Gasteiger partial charge is 0.351 e. The van der Waals surface area contributed by atoms with E-state index in [1.807, 2.05) is 60.7 Å². The molecule has 1 fully saturated rings. The molecule has 4 heteroatoms. The van der Waals surface area contributed by atoms with Gasteiger partial charge in [-0.25, -0.2) is 0 Å². The van der Waals surface area contributed by atoms with Crippen LogP contribution in [0.3, 0.4) is 0 Å². The number of nitrogens with one attached hydrogen (secondary N) is 1. The minimum atomic E-state index is -0.597. The van der Waals surface area contributed by atoms with Gasteiger partial charge in [-0.2, -0.15) is 0 Å². The molecule has 2 aromatic carbocycles. The summed E-state index contributed by atoms with van der Waals surface area (Å²) in [7, 11) is 0. The second kappa shape index (κ2) is 7.36. The van der Waals surface area contributed by atoms with Crippen molar-refractivity contribution in [3.8, 4) is 22.4 Å². The quantitative estimate of drug-likeness (QED) is 0.721. The Morgan fingerprint density at radius 3 is 2.38 bits per heavy atom. The van der Waals surface area contributed by atoms with Crippen LogP contribution < -0.4 is 10.9 Å². The van der Waals surface area contributed by atoms with Gasteiger partial charge in [0.05, 0.1) is 5.69 Å². The highest BCUT2D eigenvalue weighted by Crippen LogP contribution is 2.39. The summed E-state index contributed by atoms with van der Waals surface area (Å²) in [5, 5.41) is 3.22. The molecule has 0 bridgehead atoms. The molecule has 146 valence electrons. The second-order valence-corrected chi connectivity index (χ2v) is 8.04. The van der Waals surface area contributed by atoms with Crippen molar-refractivity contribution in [2.24, 2.45) is 0 Å². The van der Waals surface area contributed by atoms with Crippen LogP contribution in [-0.4, -0.2) is 16.5 Å². The average molecular weight is 384 g/mol. The number of aromatic nitrogens is 1. The van der Waals surface area contributed by atoms with Crippen LogP contribution >= 0.6 is 0 Å². The molecule has 29 heavy (non-hydrogen) atoms. The van der Waals surface area contributed by atoms with E-state index in [0.717, 1.165) is 53.6 Å². The standard InChI is InChI=1S/C25H24N2O2/c28-23-16-18(17-9-3-1-4-10-17)15-22-20-13-7-8-14-21(20)24(27(22)23)25(29)26-19-11-5-2-6-12-19/h1,3-4,7-10,13-16,19,24H,2,5-6,11-12H2,(H,26,29). The van der Waals surface area contributed by atoms with E-state index in [2.05, 4.69) is 5.32 Å². The van der Waals surface area contributed by atoms with Crippen LogP contribution in [-0.2, 0) is 4.79 Å². The van der Waals surface area contributed by atoms with Crippen molar-refractivity contribution in [2.45, 2.75) is 44.2 Å². The number of pyridine rings is 1. The normalized spacial score (nSPS) is 18.1. The Bertz CT molecular complexity index is 1110. The van der Waals surface area contributed by atoms with Crippen LogP contribution in [0.4, 0.5) is 0 Å². The van der Waals surface area contributed by atoms with Gasteiger partial charge in [-0.1, -0.05) is 73.9 Å². The molecule has 0 spiro atoms. The first kappa shape index (κ1) is 17.9. The second-order valence-electron chi connectivity index (χ2n) is 8.04. The van der Waals surface area contributed by atoms with E-state index < -0.39 is 6.04 Å². The number of fused-ring (bicyclic) bond motifs is 3. The fraction of sp³-hybridized carbons (Fsp3) is 0.280. The van der Waals surface area contributed by atoms with Crippen LogP contribution in [0.25, 0.3) is 22.4 Å². The molecule has 2 heterocycles. The Kier molecular flexibility index (Phi) is 4.55. The molecule has 0 radical (unpaired) electrons. The first-order chi connectivity index (χ1) is 14.2. The zero-order chi connectivity index (χ0) is 19.8. The van der Waals surface area contributed by atoms with Crippen LogP contribution in [0.5, 0.6) is 0 Å². The van der Waals surface area contributed by atoms with Crippen molar-refractivity contribution >= 4 is 5.91 Å². The molecule has 1 saturated carbocycles. The predicted molar refractivity (Wildman–Crippen MR) is 115 cm³/mol. The van der Waals surface area contributed by atoms with Crippen molar-refractivity contribution in [3.63, 3.8) is 0 Å². The molecule has 1 aromatic heterocycles. The van der Waals surface area contributed by atoms with Crippen molar-refractivity contribution in [3.05, 3.63) is 82.6 Å². The number of benzene rings is 2. The summed E-state index contributed by atoms with van der Waals surface area (Å²) in [5.74, 6) is -0.0716. The Morgan fingerprint density at radius 1 is 0.862 bits per heavy atom. The van der Waals surface area contributed by atoms with Crippen molar-refractivity contribution in [2.75, 3.05) is 0 Å². The molecule has 1 aliphatic carbocycles. The van der Waals surface area contributed by atoms with Gasteiger partial charge in [-0.05, 0) is 35.6 Å². The summed E-state index contributed by atoms with van der Waals surface area (Å²) in [4.78, 5) is 26.4. The Balaban J connectivity index is 1.59. The minimum absolute atomic E-state index is 0.0716.